The SMILES string of the molecule is O=C([O-])[C@@H]1CC=CC[C@H]1C(=O)Nc1ccc(N2CCOCC2)c(C(F)(F)F)c1. The van der Waals surface area contributed by atoms with Crippen LogP contribution in [0.4, 0.5) is 24.5 Å². The number of aliphatic carboxylic acids is 1. The molecule has 152 valence electrons. The van der Waals surface area contributed by atoms with E-state index in [1.807, 2.05) is 0 Å². The second-order valence-electron chi connectivity index (χ2n) is 6.79. The molecule has 1 fully saturated rings. The first kappa shape index (κ1) is 20.2. The Kier molecular flexibility index (Phi) is 5.93. The van der Waals surface area contributed by atoms with E-state index in [9.17, 15) is 27.9 Å². The first-order chi connectivity index (χ1) is 13.3. The van der Waals surface area contributed by atoms with E-state index in [0.29, 0.717) is 26.3 Å². The fourth-order valence-corrected chi connectivity index (χ4v) is 3.52. The summed E-state index contributed by atoms with van der Waals surface area (Å²) in [6.45, 7) is 1.37. The first-order valence-corrected chi connectivity index (χ1v) is 8.98. The Labute approximate surface area is 160 Å². The molecule has 2 atom stereocenters. The molecule has 1 aliphatic carbocycles. The van der Waals surface area contributed by atoms with Gasteiger partial charge in [-0.1, -0.05) is 12.2 Å². The van der Waals surface area contributed by atoms with E-state index in [-0.39, 0.29) is 24.2 Å². The summed E-state index contributed by atoms with van der Waals surface area (Å²) in [7, 11) is 0. The van der Waals surface area contributed by atoms with Gasteiger partial charge in [-0.2, -0.15) is 13.2 Å². The Morgan fingerprint density at radius 2 is 1.75 bits per heavy atom. The van der Waals surface area contributed by atoms with Crippen LogP contribution in [0.15, 0.2) is 30.4 Å². The van der Waals surface area contributed by atoms with Crippen LogP contribution in [0.1, 0.15) is 18.4 Å². The number of halogens is 3. The van der Waals surface area contributed by atoms with Gasteiger partial charge >= 0.3 is 6.18 Å². The first-order valence-electron chi connectivity index (χ1n) is 8.98. The number of carboxylic acid groups (broad SMARTS) is 1. The standard InChI is InChI=1S/C19H21F3N2O4/c20-19(21,22)15-11-12(5-6-16(15)24-7-9-28-10-8-24)23-17(25)13-3-1-2-4-14(13)18(26)27/h1-2,5-6,11,13-14H,3-4,7-10H2,(H,23,25)(H,26,27)/p-1/t13-,14-/m1/s1. The Bertz CT molecular complexity index is 773. The largest absolute Gasteiger partial charge is 0.550 e. The minimum absolute atomic E-state index is 0.0269. The minimum atomic E-state index is -4.60. The van der Waals surface area contributed by atoms with Crippen LogP contribution >= 0.6 is 0 Å². The van der Waals surface area contributed by atoms with Crippen molar-refractivity contribution in [2.45, 2.75) is 19.0 Å². The van der Waals surface area contributed by atoms with E-state index in [4.69, 9.17) is 4.74 Å². The van der Waals surface area contributed by atoms with Gasteiger partial charge in [-0.05, 0) is 31.0 Å². The average molecular weight is 397 g/mol. The summed E-state index contributed by atoms with van der Waals surface area (Å²) >= 11 is 0. The summed E-state index contributed by atoms with van der Waals surface area (Å²) < 4.78 is 45.9. The maximum absolute atomic E-state index is 13.6. The van der Waals surface area contributed by atoms with Crippen molar-refractivity contribution in [3.05, 3.63) is 35.9 Å². The fraction of sp³-hybridized carbons (Fsp3) is 0.474. The monoisotopic (exact) mass is 397 g/mol. The molecule has 0 spiro atoms. The van der Waals surface area contributed by atoms with E-state index in [1.165, 1.54) is 12.1 Å². The van der Waals surface area contributed by atoms with Crippen LogP contribution in [-0.4, -0.2) is 38.2 Å². The van der Waals surface area contributed by atoms with Gasteiger partial charge in [0, 0.05) is 36.4 Å². The highest BCUT2D eigenvalue weighted by molar-refractivity contribution is 5.95. The third kappa shape index (κ3) is 4.46. The lowest BCUT2D eigenvalue weighted by Crippen LogP contribution is -2.41. The lowest BCUT2D eigenvalue weighted by atomic mass is 9.82. The molecule has 0 saturated carbocycles. The van der Waals surface area contributed by atoms with Gasteiger partial charge in [-0.25, -0.2) is 0 Å². The number of hydrogen-bond acceptors (Lipinski definition) is 5. The van der Waals surface area contributed by atoms with Crippen LogP contribution in [-0.2, 0) is 20.5 Å². The number of allylic oxidation sites excluding steroid dienone is 2. The number of amides is 1. The van der Waals surface area contributed by atoms with E-state index in [0.717, 1.165) is 6.07 Å². The third-order valence-corrected chi connectivity index (χ3v) is 4.99. The summed E-state index contributed by atoms with van der Waals surface area (Å²) in [6.07, 6.45) is -0.905. The number of carbonyl (C=O) groups is 2. The van der Waals surface area contributed by atoms with Crippen molar-refractivity contribution >= 4 is 23.3 Å². The van der Waals surface area contributed by atoms with Gasteiger partial charge in [0.05, 0.1) is 24.7 Å². The van der Waals surface area contributed by atoms with Crippen LogP contribution in [0.2, 0.25) is 0 Å². The molecule has 1 saturated heterocycles. The van der Waals surface area contributed by atoms with Crippen LogP contribution in [0, 0.1) is 11.8 Å². The molecule has 0 radical (unpaired) electrons. The summed E-state index contributed by atoms with van der Waals surface area (Å²) in [6, 6.07) is 3.60. The van der Waals surface area contributed by atoms with E-state index in [1.54, 1.807) is 17.1 Å². The Morgan fingerprint density at radius 1 is 1.11 bits per heavy atom. The lowest BCUT2D eigenvalue weighted by Gasteiger charge is -2.31. The summed E-state index contributed by atoms with van der Waals surface area (Å²) in [4.78, 5) is 25.3. The molecule has 6 nitrogen and oxygen atoms in total. The van der Waals surface area contributed by atoms with Crippen molar-refractivity contribution in [3.63, 3.8) is 0 Å². The van der Waals surface area contributed by atoms with Crippen molar-refractivity contribution in [2.75, 3.05) is 36.5 Å². The molecule has 1 amide bonds. The molecule has 0 aromatic heterocycles. The molecule has 1 N–H and O–H groups in total. The van der Waals surface area contributed by atoms with Crippen LogP contribution in [0.5, 0.6) is 0 Å². The number of anilines is 2. The number of carbonyl (C=O) groups excluding carboxylic acids is 2. The summed E-state index contributed by atoms with van der Waals surface area (Å²) in [5, 5.41) is 13.7. The van der Waals surface area contributed by atoms with E-state index >= 15 is 0 Å². The highest BCUT2D eigenvalue weighted by Gasteiger charge is 2.36. The van der Waals surface area contributed by atoms with Crippen molar-refractivity contribution in [1.82, 2.24) is 0 Å². The number of nitrogens with one attached hydrogen (secondary N) is 1. The maximum Gasteiger partial charge on any atom is 0.418 e. The molecule has 1 aromatic rings. The number of morpholine rings is 1. The number of nitrogens with zero attached hydrogens (tertiary/aromatic N) is 1. The minimum Gasteiger partial charge on any atom is -0.550 e. The zero-order chi connectivity index (χ0) is 20.3. The van der Waals surface area contributed by atoms with Crippen molar-refractivity contribution in [2.24, 2.45) is 11.8 Å². The van der Waals surface area contributed by atoms with Crippen LogP contribution in [0.3, 0.4) is 0 Å². The second-order valence-corrected chi connectivity index (χ2v) is 6.79. The van der Waals surface area contributed by atoms with E-state index < -0.39 is 35.5 Å². The topological polar surface area (TPSA) is 81.7 Å². The van der Waals surface area contributed by atoms with Gasteiger partial charge < -0.3 is 24.9 Å². The molecule has 1 heterocycles. The summed E-state index contributed by atoms with van der Waals surface area (Å²) in [5.41, 5.74) is -0.852. The number of hydrogen-bond donors (Lipinski definition) is 1. The van der Waals surface area contributed by atoms with Crippen LogP contribution in [0.25, 0.3) is 0 Å². The van der Waals surface area contributed by atoms with Gasteiger partial charge in [0.2, 0.25) is 5.91 Å². The molecule has 0 bridgehead atoms. The second kappa shape index (κ2) is 8.22. The van der Waals surface area contributed by atoms with Crippen LogP contribution < -0.4 is 15.3 Å². The van der Waals surface area contributed by atoms with E-state index in [2.05, 4.69) is 5.32 Å². The number of rotatable bonds is 4. The third-order valence-electron chi connectivity index (χ3n) is 4.99. The molecule has 1 aromatic carbocycles. The highest BCUT2D eigenvalue weighted by Crippen LogP contribution is 2.39. The number of alkyl halides is 3. The van der Waals surface area contributed by atoms with Gasteiger partial charge in [0.25, 0.3) is 0 Å². The smallest absolute Gasteiger partial charge is 0.418 e. The van der Waals surface area contributed by atoms with Crippen molar-refractivity contribution in [3.8, 4) is 0 Å². The van der Waals surface area contributed by atoms with Gasteiger partial charge in [0.1, 0.15) is 0 Å². The number of carboxylic acids is 1. The normalized spacial score (nSPS) is 22.8. The van der Waals surface area contributed by atoms with Gasteiger partial charge in [-0.15, -0.1) is 0 Å². The predicted molar refractivity (Wildman–Crippen MR) is 93.5 cm³/mol. The molecule has 28 heavy (non-hydrogen) atoms. The van der Waals surface area contributed by atoms with Gasteiger partial charge in [-0.3, -0.25) is 4.79 Å². The number of benzene rings is 1. The molecule has 0 unspecified atom stereocenters. The molecule has 1 aliphatic heterocycles. The van der Waals surface area contributed by atoms with Crippen molar-refractivity contribution < 1.29 is 32.6 Å². The maximum atomic E-state index is 13.6. The average Bonchev–Trinajstić information content (AvgIpc) is 2.68. The van der Waals surface area contributed by atoms with Crippen molar-refractivity contribution in [1.29, 1.82) is 0 Å². The van der Waals surface area contributed by atoms with Gasteiger partial charge in [0.15, 0.2) is 0 Å². The zero-order valence-corrected chi connectivity index (χ0v) is 15.0. The fourth-order valence-electron chi connectivity index (χ4n) is 3.52. The Morgan fingerprint density at radius 3 is 2.36 bits per heavy atom. The zero-order valence-electron chi connectivity index (χ0n) is 15.0. The molecule has 9 heteroatoms. The molecular formula is C19H20F3N2O4-. The molecule has 2 aliphatic rings. The Balaban J connectivity index is 1.83. The quantitative estimate of drug-likeness (QED) is 0.784. The molecule has 3 rings (SSSR count). The Hall–Kier alpha value is -2.55. The highest BCUT2D eigenvalue weighted by atomic mass is 19.4. The number of ether oxygens (including phenoxy) is 1. The molecular weight excluding hydrogens is 377 g/mol. The lowest BCUT2D eigenvalue weighted by molar-refractivity contribution is -0.313. The predicted octanol–water partition coefficient (Wildman–Crippen LogP) is 1.81. The summed E-state index contributed by atoms with van der Waals surface area (Å²) in [5.74, 6) is -3.86.